The van der Waals surface area contributed by atoms with Crippen LogP contribution in [0.1, 0.15) is 40.5 Å². The Hall–Kier alpha value is -3.54. The maximum Gasteiger partial charge on any atom is 0.277 e. The van der Waals surface area contributed by atoms with Gasteiger partial charge in [0.1, 0.15) is 12.8 Å². The number of hydrogen-bond donors (Lipinski definition) is 0. The predicted octanol–water partition coefficient (Wildman–Crippen LogP) is 3.31. The second-order valence-electron chi connectivity index (χ2n) is 7.76. The molecule has 30 heavy (non-hydrogen) atoms. The average molecular weight is 401 g/mol. The van der Waals surface area contributed by atoms with Gasteiger partial charge in [0.25, 0.3) is 5.91 Å². The lowest BCUT2D eigenvalue weighted by atomic mass is 10.1. The topological polar surface area (TPSA) is 54.8 Å². The molecule has 2 aliphatic heterocycles. The van der Waals surface area contributed by atoms with Crippen LogP contribution in [0, 0.1) is 0 Å². The monoisotopic (exact) mass is 401 g/mol. The Labute approximate surface area is 174 Å². The fourth-order valence-electron chi connectivity index (χ4n) is 4.51. The molecule has 152 valence electrons. The molecule has 1 fully saturated rings. The maximum absolute atomic E-state index is 13.2. The van der Waals surface area contributed by atoms with Crippen LogP contribution in [0.3, 0.4) is 0 Å². The van der Waals surface area contributed by atoms with Crippen molar-refractivity contribution >= 4 is 5.91 Å². The number of rotatable bonds is 4. The molecule has 2 aliphatic rings. The molecular formula is C24H23N3O3. The third-order valence-electron chi connectivity index (χ3n) is 5.99. The number of carbonyl (C=O) groups excluding carboxylic acids is 1. The van der Waals surface area contributed by atoms with Gasteiger partial charge in [-0.1, -0.05) is 60.7 Å². The van der Waals surface area contributed by atoms with Gasteiger partial charge in [-0.25, -0.2) is 0 Å². The summed E-state index contributed by atoms with van der Waals surface area (Å²) >= 11 is 0. The molecule has 2 unspecified atom stereocenters. The first-order valence-corrected chi connectivity index (χ1v) is 10.2. The third-order valence-corrected chi connectivity index (χ3v) is 5.99. The van der Waals surface area contributed by atoms with Crippen molar-refractivity contribution < 1.29 is 9.53 Å². The highest BCUT2D eigenvalue weighted by Gasteiger charge is 2.45. The molecule has 1 aromatic heterocycles. The lowest BCUT2D eigenvalue weighted by Crippen LogP contribution is -2.57. The van der Waals surface area contributed by atoms with Gasteiger partial charge in [0.15, 0.2) is 11.4 Å². The van der Waals surface area contributed by atoms with Gasteiger partial charge in [-0.05, 0) is 24.0 Å². The van der Waals surface area contributed by atoms with E-state index in [1.807, 2.05) is 53.2 Å². The van der Waals surface area contributed by atoms with Crippen molar-refractivity contribution in [2.45, 2.75) is 31.7 Å². The molecule has 0 spiro atoms. The van der Waals surface area contributed by atoms with Crippen LogP contribution in [0.25, 0.3) is 0 Å². The van der Waals surface area contributed by atoms with Gasteiger partial charge in [-0.2, -0.15) is 0 Å². The zero-order valence-electron chi connectivity index (χ0n) is 16.8. The van der Waals surface area contributed by atoms with Crippen LogP contribution in [0.4, 0.5) is 0 Å². The minimum Gasteiger partial charge on any atom is -0.482 e. The van der Waals surface area contributed by atoms with Gasteiger partial charge in [0, 0.05) is 19.3 Å². The van der Waals surface area contributed by atoms with Crippen LogP contribution in [0.5, 0.6) is 5.75 Å². The van der Waals surface area contributed by atoms with E-state index in [2.05, 4.69) is 17.1 Å². The molecule has 0 saturated carbocycles. The van der Waals surface area contributed by atoms with E-state index in [4.69, 9.17) is 4.74 Å². The van der Waals surface area contributed by atoms with Crippen molar-refractivity contribution in [2.24, 2.45) is 0 Å². The SMILES string of the molecule is CN1C(=O)c2c(OCc3ccccc3)c(=O)ccn2N2C(c3ccccc3)CCC12. The zero-order chi connectivity index (χ0) is 20.7. The van der Waals surface area contributed by atoms with E-state index in [1.54, 1.807) is 18.1 Å². The quantitative estimate of drug-likeness (QED) is 0.673. The van der Waals surface area contributed by atoms with E-state index in [-0.39, 0.29) is 35.9 Å². The molecule has 3 heterocycles. The largest absolute Gasteiger partial charge is 0.482 e. The minimum absolute atomic E-state index is 0.0559. The van der Waals surface area contributed by atoms with E-state index in [9.17, 15) is 9.59 Å². The smallest absolute Gasteiger partial charge is 0.277 e. The number of pyridine rings is 1. The first kappa shape index (κ1) is 18.5. The van der Waals surface area contributed by atoms with Crippen molar-refractivity contribution in [2.75, 3.05) is 12.1 Å². The Balaban J connectivity index is 1.58. The number of amides is 1. The highest BCUT2D eigenvalue weighted by molar-refractivity contribution is 5.96. The lowest BCUT2D eigenvalue weighted by Gasteiger charge is -2.44. The van der Waals surface area contributed by atoms with Crippen LogP contribution in [0.2, 0.25) is 0 Å². The van der Waals surface area contributed by atoms with E-state index < -0.39 is 0 Å². The Kier molecular flexibility index (Phi) is 4.54. The zero-order valence-corrected chi connectivity index (χ0v) is 16.8. The number of fused-ring (bicyclic) bond motifs is 3. The maximum atomic E-state index is 13.2. The first-order valence-electron chi connectivity index (χ1n) is 10.2. The van der Waals surface area contributed by atoms with Gasteiger partial charge in [-0.3, -0.25) is 19.3 Å². The van der Waals surface area contributed by atoms with E-state index in [0.29, 0.717) is 5.69 Å². The van der Waals surface area contributed by atoms with Crippen LogP contribution < -0.4 is 15.2 Å². The summed E-state index contributed by atoms with van der Waals surface area (Å²) in [6, 6.07) is 21.5. The predicted molar refractivity (Wildman–Crippen MR) is 114 cm³/mol. The minimum atomic E-state index is -0.284. The summed E-state index contributed by atoms with van der Waals surface area (Å²) in [6.45, 7) is 0.232. The summed E-state index contributed by atoms with van der Waals surface area (Å²) < 4.78 is 7.75. The van der Waals surface area contributed by atoms with Gasteiger partial charge < -0.3 is 9.64 Å². The summed E-state index contributed by atoms with van der Waals surface area (Å²) in [7, 11) is 1.80. The van der Waals surface area contributed by atoms with E-state index in [0.717, 1.165) is 18.4 Å². The number of nitrogens with zero attached hydrogens (tertiary/aromatic N) is 3. The molecule has 2 aromatic carbocycles. The number of carbonyl (C=O) groups is 1. The average Bonchev–Trinajstić information content (AvgIpc) is 3.23. The number of benzene rings is 2. The van der Waals surface area contributed by atoms with Crippen LogP contribution >= 0.6 is 0 Å². The Morgan fingerprint density at radius 3 is 2.37 bits per heavy atom. The van der Waals surface area contributed by atoms with E-state index >= 15 is 0 Å². The third kappa shape index (κ3) is 2.96. The first-order chi connectivity index (χ1) is 14.6. The van der Waals surface area contributed by atoms with Gasteiger partial charge in [0.2, 0.25) is 5.43 Å². The van der Waals surface area contributed by atoms with E-state index in [1.165, 1.54) is 11.6 Å². The van der Waals surface area contributed by atoms with Crippen molar-refractivity contribution in [1.82, 2.24) is 9.58 Å². The van der Waals surface area contributed by atoms with Crippen LogP contribution in [-0.4, -0.2) is 28.7 Å². The summed E-state index contributed by atoms with van der Waals surface area (Å²) in [6.07, 6.45) is 3.44. The Bertz CT molecular complexity index is 1130. The lowest BCUT2D eigenvalue weighted by molar-refractivity contribution is 0.0645. The van der Waals surface area contributed by atoms with Crippen molar-refractivity contribution in [3.63, 3.8) is 0 Å². The summed E-state index contributed by atoms with van der Waals surface area (Å²) in [5.41, 5.74) is 2.14. The number of hydrogen-bond acceptors (Lipinski definition) is 4. The van der Waals surface area contributed by atoms with Gasteiger partial charge in [0.05, 0.1) is 6.04 Å². The Morgan fingerprint density at radius 1 is 0.933 bits per heavy atom. The van der Waals surface area contributed by atoms with Crippen molar-refractivity contribution in [3.8, 4) is 5.75 Å². The molecule has 6 nitrogen and oxygen atoms in total. The fourth-order valence-corrected chi connectivity index (χ4v) is 4.51. The summed E-state index contributed by atoms with van der Waals surface area (Å²) in [4.78, 5) is 27.7. The summed E-state index contributed by atoms with van der Waals surface area (Å²) in [5.74, 6) is -0.0823. The highest BCUT2D eigenvalue weighted by atomic mass is 16.5. The normalized spacial score (nSPS) is 20.1. The molecule has 0 bridgehead atoms. The van der Waals surface area contributed by atoms with Gasteiger partial charge >= 0.3 is 0 Å². The Morgan fingerprint density at radius 2 is 1.63 bits per heavy atom. The number of aromatic nitrogens is 1. The number of ether oxygens (including phenoxy) is 1. The highest BCUT2D eigenvalue weighted by Crippen LogP contribution is 2.39. The molecular weight excluding hydrogens is 378 g/mol. The molecule has 0 radical (unpaired) electrons. The second-order valence-corrected chi connectivity index (χ2v) is 7.76. The van der Waals surface area contributed by atoms with Crippen LogP contribution in [-0.2, 0) is 6.61 Å². The molecule has 0 aliphatic carbocycles. The molecule has 1 amide bonds. The second kappa shape index (κ2) is 7.37. The molecule has 0 N–H and O–H groups in total. The molecule has 6 heteroatoms. The molecule has 2 atom stereocenters. The van der Waals surface area contributed by atoms with Crippen LogP contribution in [0.15, 0.2) is 77.7 Å². The fraction of sp³-hybridized carbons (Fsp3) is 0.250. The molecule has 5 rings (SSSR count). The van der Waals surface area contributed by atoms with Crippen molar-refractivity contribution in [1.29, 1.82) is 0 Å². The summed E-state index contributed by atoms with van der Waals surface area (Å²) in [5, 5.41) is 2.20. The van der Waals surface area contributed by atoms with Crippen molar-refractivity contribution in [3.05, 3.63) is 100.0 Å². The molecule has 3 aromatic rings. The molecule has 1 saturated heterocycles. The standard InChI is InChI=1S/C24H23N3O3/c1-25-21-13-12-19(18-10-6-3-7-11-18)27(21)26-15-14-20(28)23(22(26)24(25)29)30-16-17-8-4-2-5-9-17/h2-11,14-15,19,21H,12-13,16H2,1H3. The van der Waals surface area contributed by atoms with Gasteiger partial charge in [-0.15, -0.1) is 0 Å².